The van der Waals surface area contributed by atoms with Crippen molar-refractivity contribution in [1.29, 1.82) is 0 Å². The van der Waals surface area contributed by atoms with E-state index >= 15 is 0 Å². The zero-order valence-corrected chi connectivity index (χ0v) is 13.1. The summed E-state index contributed by atoms with van der Waals surface area (Å²) in [6.07, 6.45) is 2.43. The molecule has 0 spiro atoms. The fourth-order valence-corrected chi connectivity index (χ4v) is 2.53. The summed E-state index contributed by atoms with van der Waals surface area (Å²) in [5.41, 5.74) is 1.56. The monoisotopic (exact) mass is 312 g/mol. The second kappa shape index (κ2) is 7.19. The van der Waals surface area contributed by atoms with Gasteiger partial charge in [-0.15, -0.1) is 10.2 Å². The summed E-state index contributed by atoms with van der Waals surface area (Å²) < 4.78 is 5.54. The fraction of sp³-hybridized carbons (Fsp3) is 0.353. The third-order valence-electron chi connectivity index (χ3n) is 3.83. The maximum Gasteiger partial charge on any atom is 0.257 e. The largest absolute Gasteiger partial charge is 0.376 e. The number of nitrogens with zero attached hydrogens (tertiary/aromatic N) is 2. The molecule has 2 N–H and O–H groups in total. The number of ether oxygens (including phenoxy) is 1. The molecule has 120 valence electrons. The SMILES string of the molecule is Cc1ccccc1C(=O)Nc1ccc(NCC2CCCO2)nn1. The molecule has 1 aromatic carbocycles. The second-order valence-corrected chi connectivity index (χ2v) is 5.59. The highest BCUT2D eigenvalue weighted by molar-refractivity contribution is 6.04. The van der Waals surface area contributed by atoms with Gasteiger partial charge in [0.2, 0.25) is 0 Å². The first-order chi connectivity index (χ1) is 11.2. The van der Waals surface area contributed by atoms with Gasteiger partial charge < -0.3 is 15.4 Å². The average molecular weight is 312 g/mol. The minimum absolute atomic E-state index is 0.183. The number of hydrogen-bond donors (Lipinski definition) is 2. The number of hydrogen-bond acceptors (Lipinski definition) is 5. The molecule has 6 heteroatoms. The van der Waals surface area contributed by atoms with Crippen LogP contribution >= 0.6 is 0 Å². The molecular formula is C17H20N4O2. The quantitative estimate of drug-likeness (QED) is 0.887. The van der Waals surface area contributed by atoms with Crippen molar-refractivity contribution in [2.75, 3.05) is 23.8 Å². The Morgan fingerprint density at radius 2 is 2.00 bits per heavy atom. The number of amides is 1. The van der Waals surface area contributed by atoms with E-state index in [4.69, 9.17) is 4.74 Å². The molecule has 0 aliphatic carbocycles. The maximum absolute atomic E-state index is 12.2. The first-order valence-corrected chi connectivity index (χ1v) is 7.78. The summed E-state index contributed by atoms with van der Waals surface area (Å²) in [5, 5.41) is 14.1. The summed E-state index contributed by atoms with van der Waals surface area (Å²) in [6, 6.07) is 11.0. The average Bonchev–Trinajstić information content (AvgIpc) is 3.08. The summed E-state index contributed by atoms with van der Waals surface area (Å²) in [5.74, 6) is 0.924. The van der Waals surface area contributed by atoms with Gasteiger partial charge in [0.05, 0.1) is 6.10 Å². The molecule has 1 saturated heterocycles. The summed E-state index contributed by atoms with van der Waals surface area (Å²) in [6.45, 7) is 3.46. The van der Waals surface area contributed by atoms with Crippen LogP contribution in [0.2, 0.25) is 0 Å². The van der Waals surface area contributed by atoms with E-state index in [0.29, 0.717) is 17.2 Å². The number of rotatable bonds is 5. The number of aryl methyl sites for hydroxylation is 1. The van der Waals surface area contributed by atoms with E-state index in [2.05, 4.69) is 20.8 Å². The third-order valence-corrected chi connectivity index (χ3v) is 3.83. The number of aromatic nitrogens is 2. The van der Waals surface area contributed by atoms with Gasteiger partial charge in [-0.25, -0.2) is 0 Å². The lowest BCUT2D eigenvalue weighted by molar-refractivity contribution is 0.102. The molecule has 1 fully saturated rings. The van der Waals surface area contributed by atoms with Gasteiger partial charge in [0, 0.05) is 18.7 Å². The van der Waals surface area contributed by atoms with Gasteiger partial charge in [-0.2, -0.15) is 0 Å². The van der Waals surface area contributed by atoms with E-state index in [1.807, 2.05) is 25.1 Å². The Hall–Kier alpha value is -2.47. The van der Waals surface area contributed by atoms with Crippen LogP contribution in [-0.2, 0) is 4.74 Å². The zero-order valence-electron chi connectivity index (χ0n) is 13.1. The van der Waals surface area contributed by atoms with Crippen molar-refractivity contribution in [3.63, 3.8) is 0 Å². The number of anilines is 2. The molecule has 2 aromatic rings. The lowest BCUT2D eigenvalue weighted by Gasteiger charge is -2.11. The highest BCUT2D eigenvalue weighted by Crippen LogP contribution is 2.14. The first kappa shape index (κ1) is 15.4. The predicted molar refractivity (Wildman–Crippen MR) is 88.6 cm³/mol. The smallest absolute Gasteiger partial charge is 0.257 e. The molecule has 2 heterocycles. The van der Waals surface area contributed by atoms with E-state index in [-0.39, 0.29) is 12.0 Å². The molecule has 3 rings (SSSR count). The Kier molecular flexibility index (Phi) is 4.83. The van der Waals surface area contributed by atoms with Crippen LogP contribution in [0.15, 0.2) is 36.4 Å². The Morgan fingerprint density at radius 3 is 2.70 bits per heavy atom. The molecule has 0 radical (unpaired) electrons. The van der Waals surface area contributed by atoms with E-state index in [9.17, 15) is 4.79 Å². The van der Waals surface area contributed by atoms with Crippen molar-refractivity contribution in [2.45, 2.75) is 25.9 Å². The van der Waals surface area contributed by atoms with Gasteiger partial charge in [-0.3, -0.25) is 4.79 Å². The van der Waals surface area contributed by atoms with Crippen molar-refractivity contribution >= 4 is 17.5 Å². The van der Waals surface area contributed by atoms with Crippen molar-refractivity contribution in [3.05, 3.63) is 47.5 Å². The number of benzene rings is 1. The Bertz CT molecular complexity index is 667. The molecule has 1 aliphatic heterocycles. The molecule has 1 aliphatic rings. The van der Waals surface area contributed by atoms with Crippen LogP contribution in [0.4, 0.5) is 11.6 Å². The van der Waals surface area contributed by atoms with Crippen LogP contribution in [-0.4, -0.2) is 35.4 Å². The van der Waals surface area contributed by atoms with Gasteiger partial charge in [0.1, 0.15) is 5.82 Å². The molecule has 1 atom stereocenters. The zero-order chi connectivity index (χ0) is 16.1. The molecule has 6 nitrogen and oxygen atoms in total. The maximum atomic E-state index is 12.2. The van der Waals surface area contributed by atoms with E-state index in [1.165, 1.54) is 0 Å². The van der Waals surface area contributed by atoms with Gasteiger partial charge in [0.25, 0.3) is 5.91 Å². The van der Waals surface area contributed by atoms with Crippen molar-refractivity contribution in [2.24, 2.45) is 0 Å². The summed E-state index contributed by atoms with van der Waals surface area (Å²) in [7, 11) is 0. The minimum atomic E-state index is -0.183. The van der Waals surface area contributed by atoms with Crippen LogP contribution in [0.25, 0.3) is 0 Å². The molecule has 1 unspecified atom stereocenters. The number of carbonyl (C=O) groups is 1. The van der Waals surface area contributed by atoms with Gasteiger partial charge in [-0.05, 0) is 43.5 Å². The standard InChI is InChI=1S/C17H20N4O2/c1-12-5-2-3-7-14(12)17(22)19-16-9-8-15(20-21-16)18-11-13-6-4-10-23-13/h2-3,5,7-9,13H,4,6,10-11H2,1H3,(H,18,20)(H,19,21,22). The first-order valence-electron chi connectivity index (χ1n) is 7.78. The summed E-state index contributed by atoms with van der Waals surface area (Å²) >= 11 is 0. The van der Waals surface area contributed by atoms with Crippen molar-refractivity contribution in [3.8, 4) is 0 Å². The van der Waals surface area contributed by atoms with E-state index < -0.39 is 0 Å². The van der Waals surface area contributed by atoms with E-state index in [0.717, 1.165) is 31.6 Å². The topological polar surface area (TPSA) is 76.1 Å². The van der Waals surface area contributed by atoms with Gasteiger partial charge in [-0.1, -0.05) is 18.2 Å². The van der Waals surface area contributed by atoms with Crippen LogP contribution in [0.5, 0.6) is 0 Å². The van der Waals surface area contributed by atoms with Gasteiger partial charge in [0.15, 0.2) is 5.82 Å². The Balaban J connectivity index is 1.56. The minimum Gasteiger partial charge on any atom is -0.376 e. The third kappa shape index (κ3) is 4.04. The predicted octanol–water partition coefficient (Wildman–Crippen LogP) is 2.63. The van der Waals surface area contributed by atoms with Crippen molar-refractivity contribution in [1.82, 2.24) is 10.2 Å². The normalized spacial score (nSPS) is 17.0. The van der Waals surface area contributed by atoms with Crippen LogP contribution in [0, 0.1) is 6.92 Å². The Labute approximate surface area is 135 Å². The molecule has 23 heavy (non-hydrogen) atoms. The molecule has 0 bridgehead atoms. The lowest BCUT2D eigenvalue weighted by Crippen LogP contribution is -2.19. The molecule has 1 aromatic heterocycles. The van der Waals surface area contributed by atoms with Crippen molar-refractivity contribution < 1.29 is 9.53 Å². The lowest BCUT2D eigenvalue weighted by atomic mass is 10.1. The number of carbonyl (C=O) groups excluding carboxylic acids is 1. The molecular weight excluding hydrogens is 292 g/mol. The van der Waals surface area contributed by atoms with Crippen LogP contribution in [0.3, 0.4) is 0 Å². The second-order valence-electron chi connectivity index (χ2n) is 5.59. The Morgan fingerprint density at radius 1 is 1.22 bits per heavy atom. The molecule has 1 amide bonds. The van der Waals surface area contributed by atoms with Crippen LogP contribution in [0.1, 0.15) is 28.8 Å². The van der Waals surface area contributed by atoms with E-state index in [1.54, 1.807) is 18.2 Å². The highest BCUT2D eigenvalue weighted by atomic mass is 16.5. The molecule has 0 saturated carbocycles. The summed E-state index contributed by atoms with van der Waals surface area (Å²) in [4.78, 5) is 12.2. The highest BCUT2D eigenvalue weighted by Gasteiger charge is 2.15. The van der Waals surface area contributed by atoms with Gasteiger partial charge >= 0.3 is 0 Å². The number of nitrogens with one attached hydrogen (secondary N) is 2. The fourth-order valence-electron chi connectivity index (χ4n) is 2.53. The van der Waals surface area contributed by atoms with Crippen LogP contribution < -0.4 is 10.6 Å².